The lowest BCUT2D eigenvalue weighted by Crippen LogP contribution is -2.03. The molecule has 0 bridgehead atoms. The highest BCUT2D eigenvalue weighted by Gasteiger charge is 2.12. The van der Waals surface area contributed by atoms with Gasteiger partial charge in [0.15, 0.2) is 5.78 Å². The lowest BCUT2D eigenvalue weighted by molar-refractivity contribution is 0.101. The van der Waals surface area contributed by atoms with Crippen molar-refractivity contribution >= 4 is 5.78 Å². The van der Waals surface area contributed by atoms with Gasteiger partial charge in [0.25, 0.3) is 0 Å². The van der Waals surface area contributed by atoms with Crippen molar-refractivity contribution in [2.45, 2.75) is 20.8 Å². The lowest BCUT2D eigenvalue weighted by Gasteiger charge is -2.11. The molecule has 0 saturated heterocycles. The minimum Gasteiger partial charge on any atom is -0.493 e. The molecule has 0 aliphatic carbocycles. The number of hydrogen-bond donors (Lipinski definition) is 0. The van der Waals surface area contributed by atoms with E-state index in [2.05, 4.69) is 0 Å². The molecule has 0 N–H and O–H groups in total. The van der Waals surface area contributed by atoms with Gasteiger partial charge in [0.2, 0.25) is 0 Å². The summed E-state index contributed by atoms with van der Waals surface area (Å²) in [7, 11) is 0. The number of nitriles is 1. The molecule has 0 heterocycles. The quantitative estimate of drug-likeness (QED) is 0.709. The molecule has 0 unspecified atom stereocenters. The van der Waals surface area contributed by atoms with Gasteiger partial charge < -0.3 is 4.74 Å². The van der Waals surface area contributed by atoms with E-state index in [1.807, 2.05) is 19.9 Å². The summed E-state index contributed by atoms with van der Waals surface area (Å²) in [5.74, 6) is 0.502. The summed E-state index contributed by atoms with van der Waals surface area (Å²) < 4.78 is 5.40. The molecule has 0 saturated carbocycles. The number of Topliss-reactive ketones (excluding diaryl/α,β-unsaturated/α-hetero) is 1. The van der Waals surface area contributed by atoms with Crippen molar-refractivity contribution in [2.24, 2.45) is 0 Å². The van der Waals surface area contributed by atoms with Crippen LogP contribution in [0.2, 0.25) is 0 Å². The van der Waals surface area contributed by atoms with E-state index in [1.54, 1.807) is 12.1 Å². The third-order valence-corrected chi connectivity index (χ3v) is 2.07. The zero-order valence-electron chi connectivity index (χ0n) is 9.13. The third kappa shape index (κ3) is 2.35. The van der Waals surface area contributed by atoms with Crippen LogP contribution in [0, 0.1) is 18.3 Å². The van der Waals surface area contributed by atoms with Crippen molar-refractivity contribution in [1.82, 2.24) is 0 Å². The molecular weight excluding hydrogens is 190 g/mol. The average molecular weight is 203 g/mol. The minimum absolute atomic E-state index is 0.0846. The number of hydrogen-bond acceptors (Lipinski definition) is 3. The van der Waals surface area contributed by atoms with Crippen molar-refractivity contribution < 1.29 is 9.53 Å². The van der Waals surface area contributed by atoms with E-state index in [-0.39, 0.29) is 5.78 Å². The second-order valence-corrected chi connectivity index (χ2v) is 3.27. The first-order chi connectivity index (χ1) is 7.10. The number of ether oxygens (including phenoxy) is 1. The Labute approximate surface area is 89.3 Å². The second kappa shape index (κ2) is 4.61. The summed E-state index contributed by atoms with van der Waals surface area (Å²) in [5, 5.41) is 8.79. The summed E-state index contributed by atoms with van der Waals surface area (Å²) in [6.07, 6.45) is 0. The van der Waals surface area contributed by atoms with Gasteiger partial charge in [-0.2, -0.15) is 5.26 Å². The highest BCUT2D eigenvalue weighted by atomic mass is 16.5. The first kappa shape index (κ1) is 11.3. The van der Waals surface area contributed by atoms with E-state index in [9.17, 15) is 4.79 Å². The number of benzene rings is 1. The second-order valence-electron chi connectivity index (χ2n) is 3.27. The Balaban J connectivity index is 3.37. The highest BCUT2D eigenvalue weighted by Crippen LogP contribution is 2.25. The molecule has 3 heteroatoms. The number of ketones is 1. The highest BCUT2D eigenvalue weighted by molar-refractivity contribution is 5.97. The SMILES string of the molecule is CCOc1c(C)cc(C#N)cc1C(C)=O. The Morgan fingerprint density at radius 2 is 2.20 bits per heavy atom. The predicted molar refractivity (Wildman–Crippen MR) is 57.1 cm³/mol. The van der Waals surface area contributed by atoms with Gasteiger partial charge in [-0.3, -0.25) is 4.79 Å². The molecule has 0 aliphatic rings. The molecule has 0 radical (unpaired) electrons. The van der Waals surface area contributed by atoms with Crippen molar-refractivity contribution in [3.8, 4) is 11.8 Å². The van der Waals surface area contributed by atoms with E-state index in [0.29, 0.717) is 23.5 Å². The summed E-state index contributed by atoms with van der Waals surface area (Å²) in [5.41, 5.74) is 1.79. The first-order valence-corrected chi connectivity index (χ1v) is 4.78. The van der Waals surface area contributed by atoms with Gasteiger partial charge in [0, 0.05) is 0 Å². The van der Waals surface area contributed by atoms with Crippen LogP contribution in [-0.4, -0.2) is 12.4 Å². The fourth-order valence-electron chi connectivity index (χ4n) is 1.44. The zero-order valence-corrected chi connectivity index (χ0v) is 9.13. The molecule has 0 aliphatic heterocycles. The number of rotatable bonds is 3. The van der Waals surface area contributed by atoms with Gasteiger partial charge in [0.05, 0.1) is 23.8 Å². The Hall–Kier alpha value is -1.82. The molecule has 78 valence electrons. The summed E-state index contributed by atoms with van der Waals surface area (Å²) >= 11 is 0. The Morgan fingerprint density at radius 3 is 2.67 bits per heavy atom. The lowest BCUT2D eigenvalue weighted by atomic mass is 10.0. The van der Waals surface area contributed by atoms with Crippen LogP contribution in [-0.2, 0) is 0 Å². The molecule has 0 spiro atoms. The van der Waals surface area contributed by atoms with Gasteiger partial charge in [-0.05, 0) is 38.5 Å². The van der Waals surface area contributed by atoms with Crippen LogP contribution in [0.4, 0.5) is 0 Å². The maximum Gasteiger partial charge on any atom is 0.163 e. The standard InChI is InChI=1S/C12H13NO2/c1-4-15-12-8(2)5-10(7-13)6-11(12)9(3)14/h5-6H,4H2,1-3H3. The third-order valence-electron chi connectivity index (χ3n) is 2.07. The summed E-state index contributed by atoms with van der Waals surface area (Å²) in [6.45, 7) is 5.67. The maximum atomic E-state index is 11.4. The largest absolute Gasteiger partial charge is 0.493 e. The maximum absolute atomic E-state index is 11.4. The molecule has 0 atom stereocenters. The van der Waals surface area contributed by atoms with Crippen molar-refractivity contribution in [2.75, 3.05) is 6.61 Å². The molecule has 0 amide bonds. The van der Waals surface area contributed by atoms with Gasteiger partial charge in [-0.15, -0.1) is 0 Å². The number of aryl methyl sites for hydroxylation is 1. The molecule has 0 aromatic heterocycles. The van der Waals surface area contributed by atoms with Crippen LogP contribution in [0.25, 0.3) is 0 Å². The molecule has 1 aromatic rings. The van der Waals surface area contributed by atoms with Crippen LogP contribution < -0.4 is 4.74 Å². The van der Waals surface area contributed by atoms with Crippen molar-refractivity contribution in [3.05, 3.63) is 28.8 Å². The molecule has 3 nitrogen and oxygen atoms in total. The van der Waals surface area contributed by atoms with Crippen molar-refractivity contribution in [1.29, 1.82) is 5.26 Å². The topological polar surface area (TPSA) is 50.1 Å². The number of carbonyl (C=O) groups excluding carboxylic acids is 1. The molecule has 1 aromatic carbocycles. The van der Waals surface area contributed by atoms with Gasteiger partial charge >= 0.3 is 0 Å². The van der Waals surface area contributed by atoms with Crippen molar-refractivity contribution in [3.63, 3.8) is 0 Å². The van der Waals surface area contributed by atoms with Gasteiger partial charge in [0.1, 0.15) is 5.75 Å². The van der Waals surface area contributed by atoms with Crippen LogP contribution in [0.5, 0.6) is 5.75 Å². The molecular formula is C12H13NO2. The Morgan fingerprint density at radius 1 is 1.53 bits per heavy atom. The fraction of sp³-hybridized carbons (Fsp3) is 0.333. The van der Waals surface area contributed by atoms with Gasteiger partial charge in [-0.25, -0.2) is 0 Å². The Kier molecular flexibility index (Phi) is 3.46. The monoisotopic (exact) mass is 203 g/mol. The minimum atomic E-state index is -0.0846. The number of carbonyl (C=O) groups is 1. The molecule has 15 heavy (non-hydrogen) atoms. The Bertz CT molecular complexity index is 430. The summed E-state index contributed by atoms with van der Waals surface area (Å²) in [4.78, 5) is 11.4. The first-order valence-electron chi connectivity index (χ1n) is 4.78. The van der Waals surface area contributed by atoms with Crippen LogP contribution in [0.15, 0.2) is 12.1 Å². The normalized spacial score (nSPS) is 9.47. The average Bonchev–Trinajstić information content (AvgIpc) is 2.20. The molecule has 0 fully saturated rings. The van der Waals surface area contributed by atoms with Crippen LogP contribution >= 0.6 is 0 Å². The fourth-order valence-corrected chi connectivity index (χ4v) is 1.44. The van der Waals surface area contributed by atoms with E-state index < -0.39 is 0 Å². The van der Waals surface area contributed by atoms with Gasteiger partial charge in [-0.1, -0.05) is 0 Å². The van der Waals surface area contributed by atoms with E-state index in [4.69, 9.17) is 10.00 Å². The smallest absolute Gasteiger partial charge is 0.163 e. The number of nitrogens with zero attached hydrogens (tertiary/aromatic N) is 1. The zero-order chi connectivity index (χ0) is 11.4. The van der Waals surface area contributed by atoms with E-state index >= 15 is 0 Å². The molecule has 1 rings (SSSR count). The van der Waals surface area contributed by atoms with Crippen LogP contribution in [0.3, 0.4) is 0 Å². The predicted octanol–water partition coefficient (Wildman–Crippen LogP) is 2.47. The van der Waals surface area contributed by atoms with E-state index in [1.165, 1.54) is 6.92 Å². The summed E-state index contributed by atoms with van der Waals surface area (Å²) in [6, 6.07) is 5.31. The van der Waals surface area contributed by atoms with Crippen LogP contribution in [0.1, 0.15) is 35.3 Å². The van der Waals surface area contributed by atoms with E-state index in [0.717, 1.165) is 5.56 Å².